The Morgan fingerprint density at radius 3 is 2.77 bits per heavy atom. The first kappa shape index (κ1) is 15.6. The summed E-state index contributed by atoms with van der Waals surface area (Å²) in [6.07, 6.45) is 0.684. The van der Waals surface area contributed by atoms with Crippen LogP contribution in [0, 0.1) is 5.92 Å². The van der Waals surface area contributed by atoms with E-state index in [-0.39, 0.29) is 24.3 Å². The van der Waals surface area contributed by atoms with Crippen molar-refractivity contribution in [2.24, 2.45) is 5.92 Å². The normalized spacial score (nSPS) is 27.5. The highest BCUT2D eigenvalue weighted by Crippen LogP contribution is 2.51. The summed E-state index contributed by atoms with van der Waals surface area (Å²) in [7, 11) is 0. The molecule has 2 aliphatic rings. The van der Waals surface area contributed by atoms with Crippen LogP contribution in [0.3, 0.4) is 0 Å². The first-order valence-electron chi connectivity index (χ1n) is 7.05. The van der Waals surface area contributed by atoms with E-state index in [1.165, 1.54) is 4.90 Å². The molecule has 1 amide bonds. The van der Waals surface area contributed by atoms with Gasteiger partial charge in [-0.1, -0.05) is 29.3 Å². The van der Waals surface area contributed by atoms with Crippen molar-refractivity contribution >= 4 is 35.1 Å². The summed E-state index contributed by atoms with van der Waals surface area (Å²) < 4.78 is 5.16. The molecule has 1 aromatic carbocycles. The Kier molecular flexibility index (Phi) is 4.30. The second-order valence-electron chi connectivity index (χ2n) is 5.58. The summed E-state index contributed by atoms with van der Waals surface area (Å²) in [6.45, 7) is 0.724. The maximum Gasteiger partial charge on any atom is 0.328 e. The minimum atomic E-state index is -1.03. The zero-order chi connectivity index (χ0) is 15.9. The van der Waals surface area contributed by atoms with Gasteiger partial charge in [-0.05, 0) is 30.0 Å². The molecule has 1 aromatic rings. The van der Waals surface area contributed by atoms with Gasteiger partial charge >= 0.3 is 5.97 Å². The molecule has 1 aliphatic carbocycles. The SMILES string of the molecule is O=C(O)[C@@H]1COCCN1C(=O)[C@@H]1C[C@H]1c1ccc(Cl)cc1Cl. The van der Waals surface area contributed by atoms with Crippen LogP contribution in [-0.2, 0) is 14.3 Å². The maximum atomic E-state index is 12.6. The average molecular weight is 344 g/mol. The lowest BCUT2D eigenvalue weighted by molar-refractivity contribution is -0.158. The van der Waals surface area contributed by atoms with Gasteiger partial charge in [0.15, 0.2) is 6.04 Å². The molecule has 1 saturated carbocycles. The van der Waals surface area contributed by atoms with Gasteiger partial charge in [-0.3, -0.25) is 4.79 Å². The first-order chi connectivity index (χ1) is 10.5. The smallest absolute Gasteiger partial charge is 0.328 e. The Hall–Kier alpha value is -1.30. The van der Waals surface area contributed by atoms with Gasteiger partial charge in [0.25, 0.3) is 0 Å². The molecule has 118 valence electrons. The van der Waals surface area contributed by atoms with Crippen molar-refractivity contribution in [2.45, 2.75) is 18.4 Å². The van der Waals surface area contributed by atoms with Gasteiger partial charge in [0.05, 0.1) is 13.2 Å². The zero-order valence-corrected chi connectivity index (χ0v) is 13.2. The fourth-order valence-corrected chi connectivity index (χ4v) is 3.45. The average Bonchev–Trinajstić information content (AvgIpc) is 3.26. The minimum Gasteiger partial charge on any atom is -0.480 e. The highest BCUT2D eigenvalue weighted by molar-refractivity contribution is 6.35. The number of hydrogen-bond acceptors (Lipinski definition) is 3. The van der Waals surface area contributed by atoms with E-state index < -0.39 is 12.0 Å². The highest BCUT2D eigenvalue weighted by Gasteiger charge is 2.48. The van der Waals surface area contributed by atoms with Crippen LogP contribution in [0.1, 0.15) is 17.9 Å². The molecular formula is C15H15Cl2NO4. The fourth-order valence-electron chi connectivity index (χ4n) is 2.90. The fraction of sp³-hybridized carbons (Fsp3) is 0.467. The van der Waals surface area contributed by atoms with Crippen LogP contribution in [-0.4, -0.2) is 47.7 Å². The van der Waals surface area contributed by atoms with Crippen LogP contribution in [0.15, 0.2) is 18.2 Å². The largest absolute Gasteiger partial charge is 0.480 e. The maximum absolute atomic E-state index is 12.6. The number of carbonyl (C=O) groups is 2. The molecule has 0 radical (unpaired) electrons. The number of benzene rings is 1. The second kappa shape index (κ2) is 6.07. The van der Waals surface area contributed by atoms with Gasteiger partial charge < -0.3 is 14.7 Å². The molecule has 22 heavy (non-hydrogen) atoms. The van der Waals surface area contributed by atoms with E-state index in [4.69, 9.17) is 27.9 Å². The number of morpholine rings is 1. The molecule has 0 unspecified atom stereocenters. The number of ether oxygens (including phenoxy) is 1. The molecule has 1 saturated heterocycles. The summed E-state index contributed by atoms with van der Waals surface area (Å²) in [6, 6.07) is 4.34. The lowest BCUT2D eigenvalue weighted by Crippen LogP contribution is -2.53. The number of carboxylic acids is 1. The molecule has 3 atom stereocenters. The van der Waals surface area contributed by atoms with Gasteiger partial charge in [-0.15, -0.1) is 0 Å². The Labute approximate surface area is 137 Å². The number of aliphatic carboxylic acids is 1. The minimum absolute atomic E-state index is 0.0366. The van der Waals surface area contributed by atoms with E-state index in [0.29, 0.717) is 29.6 Å². The van der Waals surface area contributed by atoms with Crippen molar-refractivity contribution in [3.63, 3.8) is 0 Å². The summed E-state index contributed by atoms with van der Waals surface area (Å²) in [4.78, 5) is 25.2. The van der Waals surface area contributed by atoms with E-state index in [9.17, 15) is 14.7 Å². The third-order valence-electron chi connectivity index (χ3n) is 4.17. The van der Waals surface area contributed by atoms with Crippen molar-refractivity contribution in [2.75, 3.05) is 19.8 Å². The van der Waals surface area contributed by atoms with Gasteiger partial charge in [0.2, 0.25) is 5.91 Å². The Morgan fingerprint density at radius 2 is 2.09 bits per heavy atom. The van der Waals surface area contributed by atoms with E-state index in [1.54, 1.807) is 12.1 Å². The molecule has 5 nitrogen and oxygen atoms in total. The van der Waals surface area contributed by atoms with Crippen LogP contribution in [0.4, 0.5) is 0 Å². The van der Waals surface area contributed by atoms with E-state index in [0.717, 1.165) is 5.56 Å². The van der Waals surface area contributed by atoms with Crippen molar-refractivity contribution in [1.29, 1.82) is 0 Å². The first-order valence-corrected chi connectivity index (χ1v) is 7.80. The van der Waals surface area contributed by atoms with E-state index in [1.807, 2.05) is 6.07 Å². The highest BCUT2D eigenvalue weighted by atomic mass is 35.5. The number of amides is 1. The Morgan fingerprint density at radius 1 is 1.32 bits per heavy atom. The van der Waals surface area contributed by atoms with Crippen LogP contribution in [0.5, 0.6) is 0 Å². The molecule has 2 fully saturated rings. The summed E-state index contributed by atoms with van der Waals surface area (Å²) in [5, 5.41) is 10.3. The number of hydrogen-bond donors (Lipinski definition) is 1. The van der Waals surface area contributed by atoms with Crippen molar-refractivity contribution in [3.8, 4) is 0 Å². The molecule has 7 heteroatoms. The Balaban J connectivity index is 1.73. The second-order valence-corrected chi connectivity index (χ2v) is 6.42. The summed E-state index contributed by atoms with van der Waals surface area (Å²) in [5.41, 5.74) is 0.893. The monoisotopic (exact) mass is 343 g/mol. The predicted molar refractivity (Wildman–Crippen MR) is 81.3 cm³/mol. The molecule has 1 heterocycles. The number of carboxylic acid groups (broad SMARTS) is 1. The molecule has 0 bridgehead atoms. The third kappa shape index (κ3) is 2.93. The number of halogens is 2. The van der Waals surface area contributed by atoms with Crippen molar-refractivity contribution < 1.29 is 19.4 Å². The van der Waals surface area contributed by atoms with Gasteiger partial charge in [0.1, 0.15) is 0 Å². The molecule has 1 aliphatic heterocycles. The lowest BCUT2D eigenvalue weighted by Gasteiger charge is -2.33. The van der Waals surface area contributed by atoms with E-state index >= 15 is 0 Å². The third-order valence-corrected chi connectivity index (χ3v) is 4.73. The quantitative estimate of drug-likeness (QED) is 0.915. The summed E-state index contributed by atoms with van der Waals surface area (Å²) >= 11 is 12.1. The predicted octanol–water partition coefficient (Wildman–Crippen LogP) is 2.41. The molecular weight excluding hydrogens is 329 g/mol. The standard InChI is InChI=1S/C15H15Cl2NO4/c16-8-1-2-9(12(17)5-8)10-6-11(10)14(19)18-3-4-22-7-13(18)15(20)21/h1-2,5,10-11,13H,3-4,6-7H2,(H,20,21)/t10-,11+,13-/m0/s1. The molecule has 0 spiro atoms. The topological polar surface area (TPSA) is 66.8 Å². The van der Waals surface area contributed by atoms with Gasteiger partial charge in [0, 0.05) is 22.5 Å². The molecule has 1 N–H and O–H groups in total. The Bertz CT molecular complexity index is 622. The van der Waals surface area contributed by atoms with Crippen LogP contribution < -0.4 is 0 Å². The van der Waals surface area contributed by atoms with Crippen molar-refractivity contribution in [3.05, 3.63) is 33.8 Å². The van der Waals surface area contributed by atoms with Crippen molar-refractivity contribution in [1.82, 2.24) is 4.90 Å². The van der Waals surface area contributed by atoms with Crippen LogP contribution in [0.2, 0.25) is 10.0 Å². The number of rotatable bonds is 3. The molecule has 3 rings (SSSR count). The van der Waals surface area contributed by atoms with Gasteiger partial charge in [-0.25, -0.2) is 4.79 Å². The number of nitrogens with zero attached hydrogens (tertiary/aromatic N) is 1. The lowest BCUT2D eigenvalue weighted by atomic mass is 10.1. The molecule has 0 aromatic heterocycles. The van der Waals surface area contributed by atoms with Gasteiger partial charge in [-0.2, -0.15) is 0 Å². The van der Waals surface area contributed by atoms with Crippen LogP contribution in [0.25, 0.3) is 0 Å². The zero-order valence-electron chi connectivity index (χ0n) is 11.7. The van der Waals surface area contributed by atoms with E-state index in [2.05, 4.69) is 0 Å². The number of carbonyl (C=O) groups excluding carboxylic acids is 1. The summed E-state index contributed by atoms with van der Waals surface area (Å²) in [5.74, 6) is -1.34. The van der Waals surface area contributed by atoms with Crippen LogP contribution >= 0.6 is 23.2 Å².